The summed E-state index contributed by atoms with van der Waals surface area (Å²) in [5, 5.41) is 0.715. The molecule has 17 heavy (non-hydrogen) atoms. The third kappa shape index (κ3) is 4.54. The average molecular weight is 258 g/mol. The van der Waals surface area contributed by atoms with E-state index in [4.69, 9.17) is 26.8 Å². The van der Waals surface area contributed by atoms with E-state index in [1.807, 2.05) is 25.1 Å². The van der Waals surface area contributed by atoms with Gasteiger partial charge in [-0.2, -0.15) is 0 Å². The second-order valence-corrected chi connectivity index (χ2v) is 4.37. The number of methoxy groups -OCH3 is 1. The first-order chi connectivity index (χ1) is 8.19. The molecule has 0 heterocycles. The number of rotatable bonds is 7. The number of halogens is 1. The molecule has 1 unspecified atom stereocenters. The molecule has 0 fully saturated rings. The van der Waals surface area contributed by atoms with Crippen molar-refractivity contribution in [1.82, 2.24) is 0 Å². The van der Waals surface area contributed by atoms with E-state index in [1.165, 1.54) is 0 Å². The van der Waals surface area contributed by atoms with Crippen LogP contribution in [0.1, 0.15) is 18.9 Å². The van der Waals surface area contributed by atoms with Gasteiger partial charge in [-0.05, 0) is 32.0 Å². The summed E-state index contributed by atoms with van der Waals surface area (Å²) in [6.45, 7) is 3.27. The molecule has 0 aromatic heterocycles. The molecule has 0 radical (unpaired) electrons. The Morgan fingerprint density at radius 2 is 2.18 bits per heavy atom. The highest BCUT2D eigenvalue weighted by Crippen LogP contribution is 2.27. The Bertz CT molecular complexity index is 344. The van der Waals surface area contributed by atoms with E-state index in [2.05, 4.69) is 0 Å². The molecule has 0 saturated heterocycles. The van der Waals surface area contributed by atoms with Crippen LogP contribution in [0.4, 0.5) is 0 Å². The van der Waals surface area contributed by atoms with Crippen LogP contribution >= 0.6 is 11.6 Å². The van der Waals surface area contributed by atoms with Crippen LogP contribution < -0.4 is 10.5 Å². The SMILES string of the molecule is COCCC(C)Oc1cccc(Cl)c1CCN. The zero-order chi connectivity index (χ0) is 12.7. The van der Waals surface area contributed by atoms with Gasteiger partial charge < -0.3 is 15.2 Å². The number of benzene rings is 1. The van der Waals surface area contributed by atoms with Crippen LogP contribution in [0.5, 0.6) is 5.75 Å². The third-order valence-corrected chi connectivity index (χ3v) is 2.88. The van der Waals surface area contributed by atoms with E-state index in [0.717, 1.165) is 24.2 Å². The van der Waals surface area contributed by atoms with Crippen LogP contribution in [0.15, 0.2) is 18.2 Å². The highest BCUT2D eigenvalue weighted by atomic mass is 35.5. The van der Waals surface area contributed by atoms with Crippen LogP contribution in [0, 0.1) is 0 Å². The van der Waals surface area contributed by atoms with Gasteiger partial charge in [0.1, 0.15) is 5.75 Å². The van der Waals surface area contributed by atoms with E-state index in [-0.39, 0.29) is 6.10 Å². The molecular formula is C13H20ClNO2. The summed E-state index contributed by atoms with van der Waals surface area (Å²) in [4.78, 5) is 0. The molecule has 0 aliphatic carbocycles. The van der Waals surface area contributed by atoms with Gasteiger partial charge in [-0.25, -0.2) is 0 Å². The van der Waals surface area contributed by atoms with Crippen molar-refractivity contribution in [3.05, 3.63) is 28.8 Å². The smallest absolute Gasteiger partial charge is 0.124 e. The molecule has 4 heteroatoms. The molecule has 1 aromatic carbocycles. The summed E-state index contributed by atoms with van der Waals surface area (Å²) in [6.07, 6.45) is 1.68. The van der Waals surface area contributed by atoms with Gasteiger partial charge in [0.2, 0.25) is 0 Å². The van der Waals surface area contributed by atoms with Crippen molar-refractivity contribution >= 4 is 11.6 Å². The fourth-order valence-electron chi connectivity index (χ4n) is 1.60. The van der Waals surface area contributed by atoms with E-state index in [9.17, 15) is 0 Å². The second-order valence-electron chi connectivity index (χ2n) is 3.97. The fourth-order valence-corrected chi connectivity index (χ4v) is 1.86. The molecule has 1 rings (SSSR count). The number of hydrogen-bond acceptors (Lipinski definition) is 3. The van der Waals surface area contributed by atoms with Gasteiger partial charge in [0.15, 0.2) is 0 Å². The van der Waals surface area contributed by atoms with Gasteiger partial charge in [0.25, 0.3) is 0 Å². The quantitative estimate of drug-likeness (QED) is 0.817. The lowest BCUT2D eigenvalue weighted by molar-refractivity contribution is 0.134. The Morgan fingerprint density at radius 1 is 1.41 bits per heavy atom. The minimum absolute atomic E-state index is 0.102. The Labute approximate surface area is 108 Å². The maximum Gasteiger partial charge on any atom is 0.124 e. The largest absolute Gasteiger partial charge is 0.490 e. The number of hydrogen-bond donors (Lipinski definition) is 1. The summed E-state index contributed by atoms with van der Waals surface area (Å²) in [6, 6.07) is 5.68. The molecule has 0 bridgehead atoms. The summed E-state index contributed by atoms with van der Waals surface area (Å²) in [5.41, 5.74) is 6.56. The molecule has 1 aromatic rings. The lowest BCUT2D eigenvalue weighted by atomic mass is 10.1. The average Bonchev–Trinajstić information content (AvgIpc) is 2.31. The summed E-state index contributed by atoms with van der Waals surface area (Å²) < 4.78 is 10.9. The van der Waals surface area contributed by atoms with Crippen molar-refractivity contribution in [3.8, 4) is 5.75 Å². The van der Waals surface area contributed by atoms with Crippen LogP contribution in [0.2, 0.25) is 5.02 Å². The first-order valence-corrected chi connectivity index (χ1v) is 6.20. The molecule has 0 aliphatic heterocycles. The van der Waals surface area contributed by atoms with Gasteiger partial charge in [0, 0.05) is 30.7 Å². The lowest BCUT2D eigenvalue weighted by Crippen LogP contribution is -2.16. The summed E-state index contributed by atoms with van der Waals surface area (Å²) in [5.74, 6) is 0.826. The normalized spacial score (nSPS) is 12.5. The van der Waals surface area contributed by atoms with Crippen molar-refractivity contribution in [2.75, 3.05) is 20.3 Å². The minimum Gasteiger partial charge on any atom is -0.490 e. The van der Waals surface area contributed by atoms with Crippen LogP contribution in [-0.4, -0.2) is 26.4 Å². The molecule has 3 nitrogen and oxygen atoms in total. The molecule has 0 amide bonds. The Morgan fingerprint density at radius 3 is 2.82 bits per heavy atom. The van der Waals surface area contributed by atoms with Gasteiger partial charge >= 0.3 is 0 Å². The highest BCUT2D eigenvalue weighted by Gasteiger charge is 2.10. The van der Waals surface area contributed by atoms with Crippen molar-refractivity contribution in [1.29, 1.82) is 0 Å². The number of ether oxygens (including phenoxy) is 2. The molecule has 0 saturated carbocycles. The summed E-state index contributed by atoms with van der Waals surface area (Å²) >= 11 is 6.14. The standard InChI is InChI=1S/C13H20ClNO2/c1-10(7-9-16-2)17-13-5-3-4-12(14)11(13)6-8-15/h3-5,10H,6-9,15H2,1-2H3. The predicted molar refractivity (Wildman–Crippen MR) is 70.8 cm³/mol. The highest BCUT2D eigenvalue weighted by molar-refractivity contribution is 6.31. The van der Waals surface area contributed by atoms with Crippen molar-refractivity contribution in [3.63, 3.8) is 0 Å². The molecular weight excluding hydrogens is 238 g/mol. The zero-order valence-corrected chi connectivity index (χ0v) is 11.2. The zero-order valence-electron chi connectivity index (χ0n) is 10.4. The van der Waals surface area contributed by atoms with Crippen molar-refractivity contribution in [2.24, 2.45) is 5.73 Å². The molecule has 96 valence electrons. The van der Waals surface area contributed by atoms with Crippen LogP contribution in [0.3, 0.4) is 0 Å². The molecule has 0 spiro atoms. The Kier molecular flexibility index (Phi) is 6.34. The monoisotopic (exact) mass is 257 g/mol. The third-order valence-electron chi connectivity index (χ3n) is 2.53. The van der Waals surface area contributed by atoms with Crippen LogP contribution in [0.25, 0.3) is 0 Å². The number of nitrogens with two attached hydrogens (primary N) is 1. The maximum atomic E-state index is 6.14. The summed E-state index contributed by atoms with van der Waals surface area (Å²) in [7, 11) is 1.69. The predicted octanol–water partition coefficient (Wildman–Crippen LogP) is 2.64. The first-order valence-electron chi connectivity index (χ1n) is 5.82. The van der Waals surface area contributed by atoms with Gasteiger partial charge in [0.05, 0.1) is 6.10 Å². The minimum atomic E-state index is 0.102. The molecule has 0 aliphatic rings. The van der Waals surface area contributed by atoms with Gasteiger partial charge in [-0.1, -0.05) is 17.7 Å². The second kappa shape index (κ2) is 7.54. The molecule has 1 atom stereocenters. The Balaban J connectivity index is 2.72. The van der Waals surface area contributed by atoms with Crippen molar-refractivity contribution in [2.45, 2.75) is 25.9 Å². The van der Waals surface area contributed by atoms with Gasteiger partial charge in [-0.15, -0.1) is 0 Å². The lowest BCUT2D eigenvalue weighted by Gasteiger charge is -2.17. The molecule has 2 N–H and O–H groups in total. The van der Waals surface area contributed by atoms with E-state index < -0.39 is 0 Å². The van der Waals surface area contributed by atoms with Gasteiger partial charge in [-0.3, -0.25) is 0 Å². The fraction of sp³-hybridized carbons (Fsp3) is 0.538. The van der Waals surface area contributed by atoms with Crippen LogP contribution in [-0.2, 0) is 11.2 Å². The maximum absolute atomic E-state index is 6.14. The van der Waals surface area contributed by atoms with E-state index in [0.29, 0.717) is 18.2 Å². The topological polar surface area (TPSA) is 44.5 Å². The van der Waals surface area contributed by atoms with E-state index >= 15 is 0 Å². The Hall–Kier alpha value is -0.770. The van der Waals surface area contributed by atoms with E-state index in [1.54, 1.807) is 7.11 Å². The first kappa shape index (κ1) is 14.3. The van der Waals surface area contributed by atoms with Crippen molar-refractivity contribution < 1.29 is 9.47 Å².